The van der Waals surface area contributed by atoms with Crippen LogP contribution in [0.2, 0.25) is 0 Å². The lowest BCUT2D eigenvalue weighted by Gasteiger charge is -2.12. The number of nitrogens with one attached hydrogen (secondary N) is 1. The number of hydrogen-bond donors (Lipinski definition) is 1. The van der Waals surface area contributed by atoms with Gasteiger partial charge in [0.2, 0.25) is 15.0 Å². The Balaban J connectivity index is 1.61. The molecule has 0 aliphatic rings. The largest absolute Gasteiger partial charge is 0.493 e. The predicted octanol–water partition coefficient (Wildman–Crippen LogP) is 4.04. The van der Waals surface area contributed by atoms with Crippen LogP contribution in [0.1, 0.15) is 24.5 Å². The highest BCUT2D eigenvalue weighted by Crippen LogP contribution is 2.29. The van der Waals surface area contributed by atoms with Gasteiger partial charge in [0.25, 0.3) is 11.1 Å². The van der Waals surface area contributed by atoms with Gasteiger partial charge in [0.15, 0.2) is 11.5 Å². The van der Waals surface area contributed by atoms with E-state index in [1.807, 2.05) is 37.3 Å². The molecule has 0 unspecified atom stereocenters. The number of rotatable bonds is 12. The Labute approximate surface area is 219 Å². The Bertz CT molecular complexity index is 1430. The van der Waals surface area contributed by atoms with E-state index in [2.05, 4.69) is 14.7 Å². The third-order valence-corrected chi connectivity index (χ3v) is 7.29. The quantitative estimate of drug-likeness (QED) is 0.204. The molecule has 1 amide bonds. The second-order valence-electron chi connectivity index (χ2n) is 7.64. The molecule has 3 aromatic rings. The van der Waals surface area contributed by atoms with Gasteiger partial charge in [-0.15, -0.1) is 0 Å². The summed E-state index contributed by atoms with van der Waals surface area (Å²) >= 11 is 0.718. The van der Waals surface area contributed by atoms with E-state index in [1.165, 1.54) is 20.1 Å². The summed E-state index contributed by atoms with van der Waals surface area (Å²) in [4.78, 5) is 16.4. The minimum Gasteiger partial charge on any atom is -0.493 e. The molecular weight excluding hydrogens is 516 g/mol. The van der Waals surface area contributed by atoms with E-state index in [-0.39, 0.29) is 21.6 Å². The summed E-state index contributed by atoms with van der Waals surface area (Å²) in [5, 5.41) is 11.5. The molecule has 12 heteroatoms. The van der Waals surface area contributed by atoms with Gasteiger partial charge < -0.3 is 14.2 Å². The summed E-state index contributed by atoms with van der Waals surface area (Å²) in [5.74, 6) is 0.878. The molecule has 0 saturated heterocycles. The highest BCUT2D eigenvalue weighted by Gasteiger charge is 2.20. The molecule has 0 fully saturated rings. The van der Waals surface area contributed by atoms with Gasteiger partial charge in [-0.1, -0.05) is 31.2 Å². The normalized spacial score (nSPS) is 11.5. The second-order valence-corrected chi connectivity index (χ2v) is 10.6. The van der Waals surface area contributed by atoms with Crippen LogP contribution in [0, 0.1) is 18.3 Å². The van der Waals surface area contributed by atoms with E-state index < -0.39 is 15.7 Å². The van der Waals surface area contributed by atoms with Gasteiger partial charge in [-0.3, -0.25) is 10.1 Å². The van der Waals surface area contributed by atoms with E-state index in [1.54, 1.807) is 18.2 Å². The lowest BCUT2D eigenvalue weighted by atomic mass is 10.1. The van der Waals surface area contributed by atoms with Gasteiger partial charge >= 0.3 is 0 Å². The van der Waals surface area contributed by atoms with Crippen molar-refractivity contribution in [2.24, 2.45) is 0 Å². The number of carbonyl (C=O) groups excluding carboxylic acids is 1. The summed E-state index contributed by atoms with van der Waals surface area (Å²) in [7, 11) is -2.11. The maximum atomic E-state index is 12.5. The summed E-state index contributed by atoms with van der Waals surface area (Å²) in [5.41, 5.74) is 1.39. The van der Waals surface area contributed by atoms with Crippen molar-refractivity contribution < 1.29 is 27.4 Å². The third-order valence-electron chi connectivity index (χ3n) is 5.05. The first kappa shape index (κ1) is 27.6. The van der Waals surface area contributed by atoms with Crippen LogP contribution in [-0.4, -0.2) is 49.8 Å². The molecule has 0 bridgehead atoms. The van der Waals surface area contributed by atoms with Crippen molar-refractivity contribution in [3.05, 3.63) is 59.2 Å². The zero-order valence-corrected chi connectivity index (χ0v) is 22.2. The molecule has 0 aliphatic carbocycles. The van der Waals surface area contributed by atoms with Crippen LogP contribution in [0.4, 0.5) is 5.13 Å². The molecule has 194 valence electrons. The van der Waals surface area contributed by atoms with Gasteiger partial charge in [0, 0.05) is 18.0 Å². The van der Waals surface area contributed by atoms with Crippen LogP contribution in [0.25, 0.3) is 6.08 Å². The number of para-hydroxylation sites is 1. The Hall–Kier alpha value is -3.95. The SMILES string of the molecule is CCS(=O)(=O)c1nsc(NC(=O)/C(C#N)=C\c2ccc(OCCCOc3ccccc3C)c(OC)c2)n1. The fourth-order valence-corrected chi connectivity index (χ4v) is 4.61. The topological polar surface area (TPSA) is 140 Å². The number of benzene rings is 2. The van der Waals surface area contributed by atoms with Crippen molar-refractivity contribution in [1.29, 1.82) is 5.26 Å². The molecule has 1 heterocycles. The number of aryl methyl sites for hydroxylation is 1. The highest BCUT2D eigenvalue weighted by atomic mass is 32.2. The van der Waals surface area contributed by atoms with Gasteiger partial charge in [0.1, 0.15) is 17.4 Å². The second kappa shape index (κ2) is 12.8. The van der Waals surface area contributed by atoms with Crippen molar-refractivity contribution in [1.82, 2.24) is 9.36 Å². The first-order valence-corrected chi connectivity index (χ1v) is 13.7. The molecule has 3 rings (SSSR count). The zero-order valence-electron chi connectivity index (χ0n) is 20.6. The van der Waals surface area contributed by atoms with Crippen LogP contribution in [0.5, 0.6) is 17.2 Å². The molecule has 37 heavy (non-hydrogen) atoms. The number of ether oxygens (including phenoxy) is 3. The minimum atomic E-state index is -3.60. The number of methoxy groups -OCH3 is 1. The van der Waals surface area contributed by atoms with E-state index in [9.17, 15) is 18.5 Å². The van der Waals surface area contributed by atoms with Crippen LogP contribution in [0.15, 0.2) is 53.2 Å². The predicted molar refractivity (Wildman–Crippen MR) is 140 cm³/mol. The lowest BCUT2D eigenvalue weighted by molar-refractivity contribution is -0.112. The maximum absolute atomic E-state index is 12.5. The fourth-order valence-electron chi connectivity index (χ4n) is 3.03. The van der Waals surface area contributed by atoms with Crippen molar-refractivity contribution in [2.45, 2.75) is 25.4 Å². The van der Waals surface area contributed by atoms with Crippen LogP contribution in [0.3, 0.4) is 0 Å². The van der Waals surface area contributed by atoms with Gasteiger partial charge in [-0.2, -0.15) is 14.6 Å². The highest BCUT2D eigenvalue weighted by molar-refractivity contribution is 7.91. The standard InChI is InChI=1S/C25H26N4O6S2/c1-4-37(31,32)25-28-24(36-29-25)27-23(30)19(16-26)14-18-10-11-21(22(15-18)33-3)35-13-7-12-34-20-9-6-5-8-17(20)2/h5-6,8-11,14-15H,4,7,12-13H2,1-3H3,(H,27,28,29,30)/b19-14-. The molecular formula is C25H26N4O6S2. The molecule has 0 spiro atoms. The van der Waals surface area contributed by atoms with E-state index >= 15 is 0 Å². The van der Waals surface area contributed by atoms with Crippen molar-refractivity contribution in [2.75, 3.05) is 31.4 Å². The molecule has 10 nitrogen and oxygen atoms in total. The molecule has 0 saturated carbocycles. The molecule has 0 atom stereocenters. The van der Waals surface area contributed by atoms with Gasteiger partial charge in [-0.25, -0.2) is 8.42 Å². The molecule has 1 N–H and O–H groups in total. The molecule has 1 aromatic heterocycles. The number of nitrogens with zero attached hydrogens (tertiary/aromatic N) is 3. The van der Waals surface area contributed by atoms with Gasteiger partial charge in [0.05, 0.1) is 26.1 Å². The van der Waals surface area contributed by atoms with E-state index in [0.29, 0.717) is 36.7 Å². The Morgan fingerprint density at radius 2 is 1.86 bits per heavy atom. The number of aromatic nitrogens is 2. The summed E-state index contributed by atoms with van der Waals surface area (Å²) < 4.78 is 44.5. The number of hydrogen-bond acceptors (Lipinski definition) is 10. The third kappa shape index (κ3) is 7.52. The van der Waals surface area contributed by atoms with Crippen LogP contribution in [-0.2, 0) is 14.6 Å². The van der Waals surface area contributed by atoms with E-state index in [0.717, 1.165) is 22.8 Å². The summed E-state index contributed by atoms with van der Waals surface area (Å²) in [6.07, 6.45) is 2.03. The number of carbonyl (C=O) groups is 1. The molecule has 0 radical (unpaired) electrons. The summed E-state index contributed by atoms with van der Waals surface area (Å²) in [6.45, 7) is 4.35. The van der Waals surface area contributed by atoms with Gasteiger partial charge in [-0.05, 0) is 42.3 Å². The molecule has 2 aromatic carbocycles. The van der Waals surface area contributed by atoms with Crippen molar-refractivity contribution in [3.63, 3.8) is 0 Å². The Morgan fingerprint density at radius 3 is 2.54 bits per heavy atom. The first-order chi connectivity index (χ1) is 17.8. The number of sulfone groups is 1. The summed E-state index contributed by atoms with van der Waals surface area (Å²) in [6, 6.07) is 14.6. The maximum Gasteiger partial charge on any atom is 0.268 e. The average molecular weight is 543 g/mol. The lowest BCUT2D eigenvalue weighted by Crippen LogP contribution is -2.13. The monoisotopic (exact) mass is 542 g/mol. The number of amides is 1. The van der Waals surface area contributed by atoms with Crippen molar-refractivity contribution >= 4 is 38.5 Å². The van der Waals surface area contributed by atoms with Crippen molar-refractivity contribution in [3.8, 4) is 23.3 Å². The first-order valence-electron chi connectivity index (χ1n) is 11.3. The Morgan fingerprint density at radius 1 is 1.14 bits per heavy atom. The smallest absolute Gasteiger partial charge is 0.268 e. The average Bonchev–Trinajstić information content (AvgIpc) is 3.37. The Kier molecular flexibility index (Phi) is 9.59. The van der Waals surface area contributed by atoms with E-state index in [4.69, 9.17) is 14.2 Å². The van der Waals surface area contributed by atoms with Crippen LogP contribution < -0.4 is 19.5 Å². The minimum absolute atomic E-state index is 0.0223. The van der Waals surface area contributed by atoms with Crippen LogP contribution >= 0.6 is 11.5 Å². The number of anilines is 1. The zero-order chi connectivity index (χ0) is 26.8. The number of nitriles is 1. The fraction of sp³-hybridized carbons (Fsp3) is 0.280. The molecule has 0 aliphatic heterocycles.